The van der Waals surface area contributed by atoms with Crippen LogP contribution in [0.1, 0.15) is 20.8 Å². The summed E-state index contributed by atoms with van der Waals surface area (Å²) in [4.78, 5) is 28.9. The molecule has 5 rings (SSSR count). The van der Waals surface area contributed by atoms with Crippen LogP contribution in [0.2, 0.25) is 0 Å². The third-order valence-corrected chi connectivity index (χ3v) is 9.65. The number of halogens is 1. The van der Waals surface area contributed by atoms with Crippen molar-refractivity contribution in [3.05, 3.63) is 117 Å². The molecule has 0 saturated carbocycles. The van der Waals surface area contributed by atoms with E-state index in [2.05, 4.69) is 10.1 Å². The van der Waals surface area contributed by atoms with Gasteiger partial charge in [0, 0.05) is 25.2 Å². The molecule has 0 spiro atoms. The fourth-order valence-electron chi connectivity index (χ4n) is 3.79. The van der Waals surface area contributed by atoms with Gasteiger partial charge >= 0.3 is 5.00 Å². The minimum Gasteiger partial charge on any atom is -0.267 e. The second-order valence-electron chi connectivity index (χ2n) is 8.67. The zero-order valence-corrected chi connectivity index (χ0v) is 23.7. The number of hydrogen-bond donors (Lipinski definition) is 0. The van der Waals surface area contributed by atoms with Crippen molar-refractivity contribution >= 4 is 65.2 Å². The van der Waals surface area contributed by atoms with E-state index >= 15 is 0 Å². The number of nitrogens with zero attached hydrogens (tertiary/aromatic N) is 5. The summed E-state index contributed by atoms with van der Waals surface area (Å²) in [6.07, 6.45) is 1.29. The van der Waals surface area contributed by atoms with E-state index in [4.69, 9.17) is 0 Å². The van der Waals surface area contributed by atoms with E-state index in [0.29, 0.717) is 15.1 Å². The van der Waals surface area contributed by atoms with Crippen LogP contribution in [0.25, 0.3) is 10.2 Å². The van der Waals surface area contributed by atoms with Crippen LogP contribution < -0.4 is 5.01 Å². The number of nitro groups is 1. The quantitative estimate of drug-likeness (QED) is 0.116. The first kappa shape index (κ1) is 28.2. The zero-order valence-electron chi connectivity index (χ0n) is 21.2. The Kier molecular flexibility index (Phi) is 7.99. The Hall–Kier alpha value is -4.37. The maximum Gasteiger partial charge on any atom is 0.324 e. The highest BCUT2D eigenvalue weighted by Gasteiger charge is 2.24. The van der Waals surface area contributed by atoms with E-state index in [-0.39, 0.29) is 27.1 Å². The number of carbonyl (C=O) groups excluding carboxylic acids is 1. The number of hydrazone groups is 1. The lowest BCUT2D eigenvalue weighted by molar-refractivity contribution is -0.380. The van der Waals surface area contributed by atoms with Crippen LogP contribution in [0.5, 0.6) is 0 Å². The van der Waals surface area contributed by atoms with Gasteiger partial charge in [-0.3, -0.25) is 14.9 Å². The van der Waals surface area contributed by atoms with Crippen LogP contribution in [-0.4, -0.2) is 41.8 Å². The molecule has 0 saturated heterocycles. The molecule has 0 bridgehead atoms. The molecule has 0 unspecified atom stereocenters. The average molecular weight is 610 g/mol. The predicted molar refractivity (Wildman–Crippen MR) is 156 cm³/mol. The minimum atomic E-state index is -3.85. The van der Waals surface area contributed by atoms with Crippen molar-refractivity contribution in [3.63, 3.8) is 0 Å². The monoisotopic (exact) mass is 609 g/mol. The second-order valence-corrected chi connectivity index (χ2v) is 12.8. The van der Waals surface area contributed by atoms with Gasteiger partial charge in [0.15, 0.2) is 0 Å². The molecule has 0 aliphatic carbocycles. The van der Waals surface area contributed by atoms with E-state index in [9.17, 15) is 27.7 Å². The maximum absolute atomic E-state index is 13.8. The minimum absolute atomic E-state index is 0.00360. The van der Waals surface area contributed by atoms with E-state index in [1.807, 2.05) is 30.3 Å². The lowest BCUT2D eigenvalue weighted by Gasteiger charge is -2.18. The number of sulfonamides is 1. The summed E-state index contributed by atoms with van der Waals surface area (Å²) in [5, 5.41) is 16.3. The Morgan fingerprint density at radius 1 is 1.05 bits per heavy atom. The first-order valence-corrected chi connectivity index (χ1v) is 15.0. The number of fused-ring (bicyclic) bond motifs is 1. The summed E-state index contributed by atoms with van der Waals surface area (Å²) >= 11 is 1.91. The number of thiazole rings is 1. The molecule has 0 aliphatic rings. The van der Waals surface area contributed by atoms with Crippen molar-refractivity contribution in [2.45, 2.75) is 11.4 Å². The van der Waals surface area contributed by atoms with Crippen molar-refractivity contribution in [1.82, 2.24) is 9.29 Å². The van der Waals surface area contributed by atoms with Gasteiger partial charge in [-0.15, -0.1) is 0 Å². The molecule has 1 amide bonds. The number of anilines is 1. The van der Waals surface area contributed by atoms with Crippen LogP contribution in [0.4, 0.5) is 14.5 Å². The summed E-state index contributed by atoms with van der Waals surface area (Å²) < 4.78 is 41.8. The topological polar surface area (TPSA) is 126 Å². The summed E-state index contributed by atoms with van der Waals surface area (Å²) in [7, 11) is -2.37. The molecule has 41 heavy (non-hydrogen) atoms. The highest BCUT2D eigenvalue weighted by atomic mass is 32.2. The van der Waals surface area contributed by atoms with Crippen molar-refractivity contribution in [1.29, 1.82) is 0 Å². The van der Waals surface area contributed by atoms with Gasteiger partial charge in [-0.05, 0) is 54.1 Å². The molecule has 0 aliphatic heterocycles. The zero-order chi connectivity index (χ0) is 29.1. The van der Waals surface area contributed by atoms with Gasteiger partial charge in [-0.2, -0.15) is 14.4 Å². The molecular formula is C27H20FN5O5S3. The van der Waals surface area contributed by atoms with Gasteiger partial charge in [0.1, 0.15) is 5.82 Å². The van der Waals surface area contributed by atoms with Crippen molar-refractivity contribution in [2.24, 2.45) is 5.10 Å². The molecule has 14 heteroatoms. The number of benzene rings is 3. The number of hydrogen-bond acceptors (Lipinski definition) is 9. The van der Waals surface area contributed by atoms with Gasteiger partial charge in [0.2, 0.25) is 15.2 Å². The molecule has 208 valence electrons. The van der Waals surface area contributed by atoms with Crippen LogP contribution >= 0.6 is 22.7 Å². The Balaban J connectivity index is 1.44. The maximum atomic E-state index is 13.8. The van der Waals surface area contributed by atoms with E-state index in [0.717, 1.165) is 33.2 Å². The van der Waals surface area contributed by atoms with E-state index in [1.54, 1.807) is 0 Å². The average Bonchev–Trinajstić information content (AvgIpc) is 3.61. The lowest BCUT2D eigenvalue weighted by Crippen LogP contribution is -2.27. The summed E-state index contributed by atoms with van der Waals surface area (Å²) in [6, 6.07) is 21.4. The summed E-state index contributed by atoms with van der Waals surface area (Å²) in [5.74, 6) is -1.09. The van der Waals surface area contributed by atoms with Crippen LogP contribution in [0.3, 0.4) is 0 Å². The smallest absolute Gasteiger partial charge is 0.267 e. The summed E-state index contributed by atoms with van der Waals surface area (Å²) in [5.41, 5.74) is 1.40. The number of thiophene rings is 1. The SMILES string of the molecule is CN(Cc1ccccc1)S(=O)(=O)c1ccc(C(=O)N(/N=C/c2ccc([N+](=O)[O-])s2)c2nc3ccc(F)cc3s2)cc1. The van der Waals surface area contributed by atoms with Gasteiger partial charge in [0.25, 0.3) is 5.91 Å². The molecule has 5 aromatic rings. The van der Waals surface area contributed by atoms with Crippen LogP contribution in [0.15, 0.2) is 94.9 Å². The first-order valence-electron chi connectivity index (χ1n) is 11.9. The molecular weight excluding hydrogens is 590 g/mol. The van der Waals surface area contributed by atoms with Crippen LogP contribution in [-0.2, 0) is 16.6 Å². The van der Waals surface area contributed by atoms with Gasteiger partial charge in [-0.25, -0.2) is 17.8 Å². The van der Waals surface area contributed by atoms with Gasteiger partial charge in [0.05, 0.1) is 31.1 Å². The highest BCUT2D eigenvalue weighted by molar-refractivity contribution is 7.89. The Morgan fingerprint density at radius 3 is 2.46 bits per heavy atom. The molecule has 10 nitrogen and oxygen atoms in total. The Morgan fingerprint density at radius 2 is 1.78 bits per heavy atom. The molecule has 3 aromatic carbocycles. The second kappa shape index (κ2) is 11.6. The largest absolute Gasteiger partial charge is 0.324 e. The number of aromatic nitrogens is 1. The lowest BCUT2D eigenvalue weighted by atomic mass is 10.2. The molecule has 2 aromatic heterocycles. The van der Waals surface area contributed by atoms with E-state index in [1.165, 1.54) is 72.2 Å². The fourth-order valence-corrected chi connectivity index (χ4v) is 6.58. The third-order valence-electron chi connectivity index (χ3n) is 5.86. The van der Waals surface area contributed by atoms with Gasteiger partial charge < -0.3 is 0 Å². The number of amides is 1. The molecule has 0 radical (unpaired) electrons. The molecule has 2 heterocycles. The Labute approximate surface area is 241 Å². The fraction of sp³-hybridized carbons (Fsp3) is 0.0741. The van der Waals surface area contributed by atoms with Crippen molar-refractivity contribution in [2.75, 3.05) is 12.1 Å². The standard InChI is InChI=1S/C27H20FN5O5S3/c1-31(17-18-5-3-2-4-6-18)41(37,38)22-11-7-19(8-12-22)26(34)32(29-16-21-10-14-25(39-21)33(35)36)27-30-23-13-9-20(28)15-24(23)40-27/h2-16H,17H2,1H3/b29-16+. The molecule has 0 atom stereocenters. The predicted octanol–water partition coefficient (Wildman–Crippen LogP) is 5.91. The normalized spacial score (nSPS) is 11.9. The Bertz CT molecular complexity index is 1870. The van der Waals surface area contributed by atoms with E-state index < -0.39 is 26.7 Å². The van der Waals surface area contributed by atoms with Gasteiger partial charge in [-0.1, -0.05) is 53.0 Å². The number of carbonyl (C=O) groups is 1. The first-order chi connectivity index (χ1) is 19.6. The van der Waals surface area contributed by atoms with Crippen LogP contribution in [0, 0.1) is 15.9 Å². The molecule has 0 fully saturated rings. The highest BCUT2D eigenvalue weighted by Crippen LogP contribution is 2.31. The van der Waals surface area contributed by atoms with Crippen molar-refractivity contribution in [3.8, 4) is 0 Å². The number of rotatable bonds is 9. The third kappa shape index (κ3) is 6.20. The summed E-state index contributed by atoms with van der Waals surface area (Å²) in [6.45, 7) is 0.172. The van der Waals surface area contributed by atoms with Crippen molar-refractivity contribution < 1.29 is 22.5 Å². The molecule has 0 N–H and O–H groups in total.